The van der Waals surface area contributed by atoms with Gasteiger partial charge in [-0.1, -0.05) is 25.0 Å². The maximum Gasteiger partial charge on any atom is 0.419 e. The summed E-state index contributed by atoms with van der Waals surface area (Å²) in [5, 5.41) is 2.85. The average molecular weight is 330 g/mol. The van der Waals surface area contributed by atoms with Crippen LogP contribution in [0.2, 0.25) is 0 Å². The van der Waals surface area contributed by atoms with E-state index in [9.17, 15) is 18.0 Å². The summed E-state index contributed by atoms with van der Waals surface area (Å²) < 4.78 is 44.1. The third-order valence-electron chi connectivity index (χ3n) is 4.21. The van der Waals surface area contributed by atoms with E-state index in [2.05, 4.69) is 5.32 Å². The number of benzene rings is 1. The van der Waals surface area contributed by atoms with E-state index in [4.69, 9.17) is 10.5 Å². The number of hydrogen-bond donors (Lipinski definition) is 2. The molecular formula is C16H21F3N2O2. The Bertz CT molecular complexity index is 555. The molecule has 4 nitrogen and oxygen atoms in total. The first-order valence-corrected chi connectivity index (χ1v) is 7.62. The molecule has 23 heavy (non-hydrogen) atoms. The molecule has 128 valence electrons. The van der Waals surface area contributed by atoms with Crippen molar-refractivity contribution in [1.82, 2.24) is 5.32 Å². The molecule has 1 aliphatic rings. The second-order valence-corrected chi connectivity index (χ2v) is 5.93. The lowest BCUT2D eigenvalue weighted by Crippen LogP contribution is -2.54. The van der Waals surface area contributed by atoms with Gasteiger partial charge in [0.15, 0.2) is 6.10 Å². The van der Waals surface area contributed by atoms with Crippen LogP contribution in [-0.2, 0) is 11.0 Å². The molecule has 0 heterocycles. The number of alkyl halides is 3. The Hall–Kier alpha value is -1.76. The molecule has 1 unspecified atom stereocenters. The van der Waals surface area contributed by atoms with E-state index >= 15 is 0 Å². The zero-order valence-corrected chi connectivity index (χ0v) is 13.0. The fraction of sp³-hybridized carbons (Fsp3) is 0.562. The number of nitrogens with two attached hydrogens (primary N) is 1. The fourth-order valence-corrected chi connectivity index (χ4v) is 2.84. The summed E-state index contributed by atoms with van der Waals surface area (Å²) in [5.41, 5.74) is 4.39. The summed E-state index contributed by atoms with van der Waals surface area (Å²) >= 11 is 0. The van der Waals surface area contributed by atoms with Crippen molar-refractivity contribution in [1.29, 1.82) is 0 Å². The summed E-state index contributed by atoms with van der Waals surface area (Å²) in [7, 11) is 0. The van der Waals surface area contributed by atoms with Gasteiger partial charge in [-0.15, -0.1) is 0 Å². The number of carbonyl (C=O) groups is 1. The Morgan fingerprint density at radius 2 is 1.96 bits per heavy atom. The van der Waals surface area contributed by atoms with Crippen LogP contribution in [0, 0.1) is 0 Å². The van der Waals surface area contributed by atoms with Gasteiger partial charge in [0.2, 0.25) is 0 Å². The molecule has 0 spiro atoms. The van der Waals surface area contributed by atoms with Crippen LogP contribution in [0.3, 0.4) is 0 Å². The minimum Gasteiger partial charge on any atom is -0.480 e. The van der Waals surface area contributed by atoms with Crippen molar-refractivity contribution in [2.24, 2.45) is 5.73 Å². The topological polar surface area (TPSA) is 64.3 Å². The van der Waals surface area contributed by atoms with Crippen LogP contribution in [0.4, 0.5) is 13.2 Å². The quantitative estimate of drug-likeness (QED) is 0.872. The van der Waals surface area contributed by atoms with Gasteiger partial charge in [0.25, 0.3) is 5.91 Å². The first kappa shape index (κ1) is 17.6. The van der Waals surface area contributed by atoms with E-state index in [1.807, 2.05) is 0 Å². The number of nitrogens with one attached hydrogen (secondary N) is 1. The standard InChI is InChI=1S/C16H21F3N2O2/c1-11(14(22)21-15(10-20)8-4-5-9-15)23-13-7-3-2-6-12(13)16(17,18)19/h2-3,6-7,11H,4-5,8-10,20H2,1H3,(H,21,22). The van der Waals surface area contributed by atoms with Crippen LogP contribution < -0.4 is 15.8 Å². The SMILES string of the molecule is CC(Oc1ccccc1C(F)(F)F)C(=O)NC1(CN)CCCC1. The van der Waals surface area contributed by atoms with Crippen LogP contribution in [0.1, 0.15) is 38.2 Å². The molecule has 1 aliphatic carbocycles. The van der Waals surface area contributed by atoms with Gasteiger partial charge in [-0.2, -0.15) is 13.2 Å². The van der Waals surface area contributed by atoms with Gasteiger partial charge in [-0.05, 0) is 31.9 Å². The van der Waals surface area contributed by atoms with Gasteiger partial charge in [0, 0.05) is 6.54 Å². The maximum atomic E-state index is 12.9. The van der Waals surface area contributed by atoms with Gasteiger partial charge in [-0.25, -0.2) is 0 Å². The Balaban J connectivity index is 2.07. The maximum absolute atomic E-state index is 12.9. The van der Waals surface area contributed by atoms with E-state index < -0.39 is 29.3 Å². The molecule has 1 fully saturated rings. The molecule has 0 aromatic heterocycles. The minimum atomic E-state index is -4.53. The fourth-order valence-electron chi connectivity index (χ4n) is 2.84. The molecule has 1 saturated carbocycles. The van der Waals surface area contributed by atoms with Crippen molar-refractivity contribution in [2.45, 2.75) is 50.4 Å². The highest BCUT2D eigenvalue weighted by atomic mass is 19.4. The lowest BCUT2D eigenvalue weighted by atomic mass is 9.97. The number of para-hydroxylation sites is 1. The van der Waals surface area contributed by atoms with E-state index in [-0.39, 0.29) is 5.75 Å². The van der Waals surface area contributed by atoms with Crippen LogP contribution in [0.15, 0.2) is 24.3 Å². The van der Waals surface area contributed by atoms with Crippen molar-refractivity contribution in [2.75, 3.05) is 6.54 Å². The molecule has 0 saturated heterocycles. The molecule has 1 atom stereocenters. The Morgan fingerprint density at radius 3 is 2.52 bits per heavy atom. The highest BCUT2D eigenvalue weighted by Crippen LogP contribution is 2.36. The second-order valence-electron chi connectivity index (χ2n) is 5.93. The number of halogens is 3. The van der Waals surface area contributed by atoms with Crippen molar-refractivity contribution < 1.29 is 22.7 Å². The second kappa shape index (κ2) is 6.78. The largest absolute Gasteiger partial charge is 0.480 e. The molecule has 3 N–H and O–H groups in total. The summed E-state index contributed by atoms with van der Waals surface area (Å²) in [6.45, 7) is 1.74. The Kier molecular flexibility index (Phi) is 5.19. The van der Waals surface area contributed by atoms with E-state index in [1.165, 1.54) is 25.1 Å². The zero-order valence-electron chi connectivity index (χ0n) is 13.0. The van der Waals surface area contributed by atoms with E-state index in [0.29, 0.717) is 6.54 Å². The number of hydrogen-bond acceptors (Lipinski definition) is 3. The highest BCUT2D eigenvalue weighted by molar-refractivity contribution is 5.81. The third-order valence-corrected chi connectivity index (χ3v) is 4.21. The monoisotopic (exact) mass is 330 g/mol. The lowest BCUT2D eigenvalue weighted by Gasteiger charge is -2.30. The molecule has 2 rings (SSSR count). The molecule has 1 aromatic carbocycles. The van der Waals surface area contributed by atoms with Crippen molar-refractivity contribution >= 4 is 5.91 Å². The number of rotatable bonds is 5. The molecule has 0 bridgehead atoms. The molecule has 1 amide bonds. The summed E-state index contributed by atoms with van der Waals surface area (Å²) in [6, 6.07) is 4.86. The first-order chi connectivity index (χ1) is 10.8. The normalized spacial score (nSPS) is 18.5. The number of ether oxygens (including phenoxy) is 1. The van der Waals surface area contributed by atoms with Gasteiger partial charge in [-0.3, -0.25) is 4.79 Å². The van der Waals surface area contributed by atoms with Gasteiger partial charge in [0.1, 0.15) is 5.75 Å². The third kappa shape index (κ3) is 4.16. The van der Waals surface area contributed by atoms with Crippen LogP contribution in [0.5, 0.6) is 5.75 Å². The Labute approximate surface area is 133 Å². The predicted molar refractivity (Wildman–Crippen MR) is 79.9 cm³/mol. The first-order valence-electron chi connectivity index (χ1n) is 7.62. The minimum absolute atomic E-state index is 0.310. The average Bonchev–Trinajstić information content (AvgIpc) is 2.95. The Morgan fingerprint density at radius 1 is 1.35 bits per heavy atom. The van der Waals surface area contributed by atoms with Crippen molar-refractivity contribution in [3.63, 3.8) is 0 Å². The van der Waals surface area contributed by atoms with Crippen LogP contribution >= 0.6 is 0 Å². The van der Waals surface area contributed by atoms with Gasteiger partial charge >= 0.3 is 6.18 Å². The summed E-state index contributed by atoms with van der Waals surface area (Å²) in [4.78, 5) is 12.3. The number of carbonyl (C=O) groups excluding carboxylic acids is 1. The lowest BCUT2D eigenvalue weighted by molar-refractivity contribution is -0.141. The van der Waals surface area contributed by atoms with Gasteiger partial charge in [0.05, 0.1) is 11.1 Å². The smallest absolute Gasteiger partial charge is 0.419 e. The van der Waals surface area contributed by atoms with Crippen LogP contribution in [-0.4, -0.2) is 24.1 Å². The van der Waals surface area contributed by atoms with E-state index in [0.717, 1.165) is 31.7 Å². The molecule has 1 aromatic rings. The number of amides is 1. The van der Waals surface area contributed by atoms with E-state index in [1.54, 1.807) is 0 Å². The highest BCUT2D eigenvalue weighted by Gasteiger charge is 2.37. The van der Waals surface area contributed by atoms with Crippen LogP contribution in [0.25, 0.3) is 0 Å². The van der Waals surface area contributed by atoms with Gasteiger partial charge < -0.3 is 15.8 Å². The molecule has 0 radical (unpaired) electrons. The zero-order chi connectivity index (χ0) is 17.1. The van der Waals surface area contributed by atoms with Crippen molar-refractivity contribution in [3.8, 4) is 5.75 Å². The predicted octanol–water partition coefficient (Wildman–Crippen LogP) is 2.86. The molecule has 0 aliphatic heterocycles. The summed E-state index contributed by atoms with van der Waals surface area (Å²) in [5.74, 6) is -0.801. The molecular weight excluding hydrogens is 309 g/mol. The van der Waals surface area contributed by atoms with Crippen molar-refractivity contribution in [3.05, 3.63) is 29.8 Å². The molecule has 7 heteroatoms. The summed E-state index contributed by atoms with van der Waals surface area (Å²) in [6.07, 6.45) is -2.06.